The molecule has 0 heterocycles. The number of rotatable bonds is 6. The van der Waals surface area contributed by atoms with Gasteiger partial charge in [0.25, 0.3) is 0 Å². The molecule has 0 aromatic heterocycles. The second-order valence-corrected chi connectivity index (χ2v) is 6.20. The van der Waals surface area contributed by atoms with Crippen LogP contribution in [-0.4, -0.2) is 18.2 Å². The second kappa shape index (κ2) is 5.96. The van der Waals surface area contributed by atoms with Gasteiger partial charge in [-0.05, 0) is 63.3 Å². The summed E-state index contributed by atoms with van der Waals surface area (Å²) in [7, 11) is 0. The molecule has 1 aromatic carbocycles. The summed E-state index contributed by atoms with van der Waals surface area (Å²) in [5.41, 5.74) is 2.68. The summed E-state index contributed by atoms with van der Waals surface area (Å²) in [6.45, 7) is 9.74. The minimum Gasteiger partial charge on any atom is -0.487 e. The molecule has 0 aliphatic heterocycles. The van der Waals surface area contributed by atoms with Crippen LogP contribution in [0, 0.1) is 13.8 Å². The number of hydrogen-bond acceptors (Lipinski definition) is 2. The third-order valence-corrected chi connectivity index (χ3v) is 4.28. The molecule has 0 atom stereocenters. The summed E-state index contributed by atoms with van der Waals surface area (Å²) < 4.78 is 6.39. The maximum absolute atomic E-state index is 6.39. The Morgan fingerprint density at radius 3 is 2.58 bits per heavy atom. The van der Waals surface area contributed by atoms with Crippen molar-refractivity contribution >= 4 is 0 Å². The van der Waals surface area contributed by atoms with Gasteiger partial charge in [0.2, 0.25) is 0 Å². The van der Waals surface area contributed by atoms with Gasteiger partial charge in [-0.2, -0.15) is 0 Å². The van der Waals surface area contributed by atoms with Crippen molar-refractivity contribution in [2.45, 2.75) is 65.0 Å². The topological polar surface area (TPSA) is 21.3 Å². The smallest absolute Gasteiger partial charge is 0.123 e. The van der Waals surface area contributed by atoms with E-state index in [1.165, 1.54) is 30.4 Å². The molecule has 0 radical (unpaired) electrons. The zero-order valence-electron chi connectivity index (χ0n) is 12.8. The van der Waals surface area contributed by atoms with Crippen molar-refractivity contribution in [3.63, 3.8) is 0 Å². The van der Waals surface area contributed by atoms with Crippen LogP contribution < -0.4 is 10.1 Å². The molecule has 1 aliphatic carbocycles. The molecule has 2 rings (SSSR count). The second-order valence-electron chi connectivity index (χ2n) is 6.20. The Balaban J connectivity index is 2.00. The van der Waals surface area contributed by atoms with Crippen LogP contribution in [0.1, 0.15) is 50.7 Å². The first-order valence-electron chi connectivity index (χ1n) is 7.51. The molecular weight excluding hydrogens is 234 g/mol. The predicted molar refractivity (Wildman–Crippen MR) is 80.9 cm³/mol. The maximum atomic E-state index is 6.39. The van der Waals surface area contributed by atoms with Crippen LogP contribution >= 0.6 is 0 Å². The number of nitrogens with one attached hydrogen (secondary N) is 1. The van der Waals surface area contributed by atoms with E-state index in [1.54, 1.807) is 0 Å². The van der Waals surface area contributed by atoms with E-state index in [0.717, 1.165) is 18.7 Å². The van der Waals surface area contributed by atoms with Gasteiger partial charge < -0.3 is 10.1 Å². The van der Waals surface area contributed by atoms with Crippen LogP contribution in [0.3, 0.4) is 0 Å². The normalized spacial score (nSPS) is 17.3. The lowest BCUT2D eigenvalue weighted by Crippen LogP contribution is -2.46. The quantitative estimate of drug-likeness (QED) is 0.836. The van der Waals surface area contributed by atoms with Crippen molar-refractivity contribution in [1.82, 2.24) is 5.32 Å². The Morgan fingerprint density at radius 1 is 1.26 bits per heavy atom. The largest absolute Gasteiger partial charge is 0.487 e. The van der Waals surface area contributed by atoms with Crippen molar-refractivity contribution in [3.05, 3.63) is 29.3 Å². The molecule has 0 saturated heterocycles. The van der Waals surface area contributed by atoms with E-state index < -0.39 is 0 Å². The van der Waals surface area contributed by atoms with Gasteiger partial charge in [-0.15, -0.1) is 0 Å². The molecule has 1 N–H and O–H groups in total. The van der Waals surface area contributed by atoms with Gasteiger partial charge in [0, 0.05) is 6.04 Å². The highest BCUT2D eigenvalue weighted by molar-refractivity contribution is 5.38. The zero-order valence-corrected chi connectivity index (χ0v) is 12.8. The lowest BCUT2D eigenvalue weighted by Gasteiger charge is -2.42. The summed E-state index contributed by atoms with van der Waals surface area (Å²) in [5.74, 6) is 1.07. The van der Waals surface area contributed by atoms with Crippen LogP contribution in [-0.2, 0) is 0 Å². The summed E-state index contributed by atoms with van der Waals surface area (Å²) in [6, 6.07) is 6.91. The van der Waals surface area contributed by atoms with E-state index in [0.29, 0.717) is 6.04 Å². The molecule has 0 amide bonds. The minimum absolute atomic E-state index is 0.0838. The fourth-order valence-electron chi connectivity index (χ4n) is 2.63. The van der Waals surface area contributed by atoms with Gasteiger partial charge in [-0.3, -0.25) is 0 Å². The van der Waals surface area contributed by atoms with Crippen molar-refractivity contribution < 1.29 is 4.74 Å². The highest BCUT2D eigenvalue weighted by atomic mass is 16.5. The van der Waals surface area contributed by atoms with Gasteiger partial charge in [0.15, 0.2) is 0 Å². The molecular formula is C17H27NO. The third-order valence-electron chi connectivity index (χ3n) is 4.28. The summed E-state index contributed by atoms with van der Waals surface area (Å²) in [4.78, 5) is 0. The van der Waals surface area contributed by atoms with Gasteiger partial charge >= 0.3 is 0 Å². The predicted octanol–water partition coefficient (Wildman–Crippen LogP) is 3.99. The standard InChI is InChI=1S/C17H27NO/c1-13(2)18-12-11-17(9-6-10-17)19-16-8-5-7-14(3)15(16)4/h5,7-8,13,18H,6,9-12H2,1-4H3. The van der Waals surface area contributed by atoms with E-state index in [2.05, 4.69) is 51.2 Å². The van der Waals surface area contributed by atoms with E-state index >= 15 is 0 Å². The van der Waals surface area contributed by atoms with Crippen molar-refractivity contribution in [3.8, 4) is 5.75 Å². The zero-order chi connectivity index (χ0) is 13.9. The van der Waals surface area contributed by atoms with Crippen LogP contribution in [0.25, 0.3) is 0 Å². The molecule has 1 fully saturated rings. The fraction of sp³-hybridized carbons (Fsp3) is 0.647. The maximum Gasteiger partial charge on any atom is 0.123 e. The first-order valence-corrected chi connectivity index (χ1v) is 7.51. The lowest BCUT2D eigenvalue weighted by atomic mass is 9.77. The first-order chi connectivity index (χ1) is 9.02. The monoisotopic (exact) mass is 261 g/mol. The summed E-state index contributed by atoms with van der Waals surface area (Å²) in [6.07, 6.45) is 4.80. The van der Waals surface area contributed by atoms with Gasteiger partial charge in [0.05, 0.1) is 0 Å². The SMILES string of the molecule is Cc1cccc(OC2(CCNC(C)C)CCC2)c1C. The van der Waals surface area contributed by atoms with Crippen LogP contribution in [0.15, 0.2) is 18.2 Å². The molecule has 0 unspecified atom stereocenters. The van der Waals surface area contributed by atoms with Crippen molar-refractivity contribution in [2.75, 3.05) is 6.54 Å². The molecule has 0 bridgehead atoms. The van der Waals surface area contributed by atoms with Crippen molar-refractivity contribution in [2.24, 2.45) is 0 Å². The lowest BCUT2D eigenvalue weighted by molar-refractivity contribution is -0.0151. The van der Waals surface area contributed by atoms with Gasteiger partial charge in [0.1, 0.15) is 11.4 Å². The van der Waals surface area contributed by atoms with E-state index in [1.807, 2.05) is 0 Å². The highest BCUT2D eigenvalue weighted by Crippen LogP contribution is 2.40. The molecule has 106 valence electrons. The van der Waals surface area contributed by atoms with Gasteiger partial charge in [-0.1, -0.05) is 26.0 Å². The Morgan fingerprint density at radius 2 is 2.00 bits per heavy atom. The Bertz CT molecular complexity index is 421. The fourth-order valence-corrected chi connectivity index (χ4v) is 2.63. The molecule has 1 aromatic rings. The third kappa shape index (κ3) is 3.50. The molecule has 1 saturated carbocycles. The molecule has 1 aliphatic rings. The summed E-state index contributed by atoms with van der Waals surface area (Å²) in [5, 5.41) is 3.50. The molecule has 2 nitrogen and oxygen atoms in total. The Hall–Kier alpha value is -1.02. The Kier molecular flexibility index (Phi) is 4.51. The van der Waals surface area contributed by atoms with E-state index in [-0.39, 0.29) is 5.60 Å². The highest BCUT2D eigenvalue weighted by Gasteiger charge is 2.39. The molecule has 19 heavy (non-hydrogen) atoms. The minimum atomic E-state index is 0.0838. The summed E-state index contributed by atoms with van der Waals surface area (Å²) >= 11 is 0. The van der Waals surface area contributed by atoms with Crippen LogP contribution in [0.4, 0.5) is 0 Å². The molecule has 0 spiro atoms. The molecule has 2 heteroatoms. The van der Waals surface area contributed by atoms with Crippen molar-refractivity contribution in [1.29, 1.82) is 0 Å². The number of benzene rings is 1. The first kappa shape index (κ1) is 14.4. The van der Waals surface area contributed by atoms with E-state index in [4.69, 9.17) is 4.74 Å². The van der Waals surface area contributed by atoms with Gasteiger partial charge in [-0.25, -0.2) is 0 Å². The number of aryl methyl sites for hydroxylation is 1. The Labute approximate surface area is 117 Å². The van der Waals surface area contributed by atoms with Crippen LogP contribution in [0.5, 0.6) is 5.75 Å². The average molecular weight is 261 g/mol. The van der Waals surface area contributed by atoms with E-state index in [9.17, 15) is 0 Å². The number of ether oxygens (including phenoxy) is 1. The number of hydrogen-bond donors (Lipinski definition) is 1. The van der Waals surface area contributed by atoms with Crippen LogP contribution in [0.2, 0.25) is 0 Å². The average Bonchev–Trinajstić information content (AvgIpc) is 2.31.